The van der Waals surface area contributed by atoms with Crippen molar-refractivity contribution in [1.82, 2.24) is 25.3 Å². The van der Waals surface area contributed by atoms with Crippen molar-refractivity contribution in [2.75, 3.05) is 11.9 Å². The molecule has 0 saturated heterocycles. The van der Waals surface area contributed by atoms with E-state index in [1.165, 1.54) is 0 Å². The Bertz CT molecular complexity index is 1190. The van der Waals surface area contributed by atoms with Crippen LogP contribution in [0.4, 0.5) is 5.69 Å². The lowest BCUT2D eigenvalue weighted by molar-refractivity contribution is -0.119. The van der Waals surface area contributed by atoms with Crippen molar-refractivity contribution in [3.63, 3.8) is 0 Å². The van der Waals surface area contributed by atoms with Crippen molar-refractivity contribution in [3.8, 4) is 11.1 Å². The Balaban J connectivity index is 1.34. The number of rotatable bonds is 11. The molecule has 2 aliphatic rings. The molecule has 5 rings (SSSR count). The van der Waals surface area contributed by atoms with Gasteiger partial charge in [-0.25, -0.2) is 0 Å². The number of aromatic nitrogens is 4. The molecule has 9 heteroatoms. The van der Waals surface area contributed by atoms with Gasteiger partial charge in [-0.3, -0.25) is 19.4 Å². The molecule has 1 atom stereocenters. The number of nitrogens with zero attached hydrogens (tertiary/aromatic N) is 3. The number of hydrogen-bond donors (Lipinski definition) is 4. The predicted octanol–water partition coefficient (Wildman–Crippen LogP) is 3.45. The average molecular weight is 491 g/mol. The first-order valence-electron chi connectivity index (χ1n) is 12.8. The van der Waals surface area contributed by atoms with Gasteiger partial charge in [-0.1, -0.05) is 12.1 Å². The highest BCUT2D eigenvalue weighted by Gasteiger charge is 2.48. The van der Waals surface area contributed by atoms with E-state index in [-0.39, 0.29) is 24.3 Å². The number of amides is 2. The molecule has 2 heterocycles. The second-order valence-electron chi connectivity index (χ2n) is 10.1. The SMILES string of the molecule is Cc1n[nH]c(C)c1-c1ccc(NC(=O)[C@@H](NC(=O)c2ccnn2CCCO)C(C2CC2)C2CC2)cc1. The molecule has 2 amide bonds. The Morgan fingerprint density at radius 3 is 2.39 bits per heavy atom. The molecule has 190 valence electrons. The molecule has 4 N–H and O–H groups in total. The van der Waals surface area contributed by atoms with Gasteiger partial charge < -0.3 is 15.7 Å². The minimum Gasteiger partial charge on any atom is -0.396 e. The van der Waals surface area contributed by atoms with Crippen LogP contribution in [0, 0.1) is 31.6 Å². The van der Waals surface area contributed by atoms with E-state index in [0.29, 0.717) is 36.2 Å². The molecule has 1 aromatic carbocycles. The summed E-state index contributed by atoms with van der Waals surface area (Å²) in [7, 11) is 0. The summed E-state index contributed by atoms with van der Waals surface area (Å²) < 4.78 is 1.59. The van der Waals surface area contributed by atoms with E-state index in [1.54, 1.807) is 16.9 Å². The summed E-state index contributed by atoms with van der Waals surface area (Å²) in [5.74, 6) is 0.595. The van der Waals surface area contributed by atoms with E-state index in [4.69, 9.17) is 5.11 Å². The highest BCUT2D eigenvalue weighted by Crippen LogP contribution is 2.51. The van der Waals surface area contributed by atoms with Crippen LogP contribution < -0.4 is 10.6 Å². The molecular formula is C27H34N6O3. The molecule has 0 unspecified atom stereocenters. The first-order chi connectivity index (χ1) is 17.5. The molecule has 0 radical (unpaired) electrons. The number of aryl methyl sites for hydroxylation is 3. The number of aliphatic hydroxyl groups is 1. The number of aromatic amines is 1. The summed E-state index contributed by atoms with van der Waals surface area (Å²) in [4.78, 5) is 26.9. The van der Waals surface area contributed by atoms with Gasteiger partial charge in [0.2, 0.25) is 5.91 Å². The summed E-state index contributed by atoms with van der Waals surface area (Å²) in [6.45, 7) is 4.42. The third-order valence-electron chi connectivity index (χ3n) is 7.33. The maximum atomic E-state index is 13.6. The zero-order valence-corrected chi connectivity index (χ0v) is 20.8. The smallest absolute Gasteiger partial charge is 0.270 e. The van der Waals surface area contributed by atoms with E-state index in [9.17, 15) is 9.59 Å². The summed E-state index contributed by atoms with van der Waals surface area (Å²) in [5, 5.41) is 26.8. The number of anilines is 1. The van der Waals surface area contributed by atoms with Crippen LogP contribution in [-0.4, -0.2) is 49.5 Å². The number of benzene rings is 1. The molecule has 2 aliphatic carbocycles. The highest BCUT2D eigenvalue weighted by molar-refractivity contribution is 6.01. The first kappa shape index (κ1) is 24.2. The Kier molecular flexibility index (Phi) is 6.91. The lowest BCUT2D eigenvalue weighted by Gasteiger charge is -2.27. The van der Waals surface area contributed by atoms with Gasteiger partial charge in [0.25, 0.3) is 5.91 Å². The molecule has 2 fully saturated rings. The Morgan fingerprint density at radius 1 is 1.11 bits per heavy atom. The minimum atomic E-state index is -0.614. The van der Waals surface area contributed by atoms with Gasteiger partial charge in [0.05, 0.1) is 5.69 Å². The maximum Gasteiger partial charge on any atom is 0.270 e. The summed E-state index contributed by atoms with van der Waals surface area (Å²) in [6.07, 6.45) is 6.50. The van der Waals surface area contributed by atoms with E-state index >= 15 is 0 Å². The van der Waals surface area contributed by atoms with Gasteiger partial charge in [0, 0.05) is 36.3 Å². The number of carbonyl (C=O) groups is 2. The van der Waals surface area contributed by atoms with Gasteiger partial charge >= 0.3 is 0 Å². The highest BCUT2D eigenvalue weighted by atomic mass is 16.3. The monoisotopic (exact) mass is 490 g/mol. The van der Waals surface area contributed by atoms with Crippen LogP contribution in [-0.2, 0) is 11.3 Å². The van der Waals surface area contributed by atoms with E-state index < -0.39 is 6.04 Å². The average Bonchev–Trinajstić information content (AvgIpc) is 3.80. The Labute approximate surface area is 210 Å². The lowest BCUT2D eigenvalue weighted by atomic mass is 9.88. The largest absolute Gasteiger partial charge is 0.396 e. The zero-order chi connectivity index (χ0) is 25.2. The van der Waals surface area contributed by atoms with Gasteiger partial charge in [-0.15, -0.1) is 0 Å². The lowest BCUT2D eigenvalue weighted by Crippen LogP contribution is -2.50. The second-order valence-corrected chi connectivity index (χ2v) is 10.1. The normalized spacial score (nSPS) is 16.2. The molecule has 36 heavy (non-hydrogen) atoms. The van der Waals surface area contributed by atoms with Crippen molar-refractivity contribution in [1.29, 1.82) is 0 Å². The van der Waals surface area contributed by atoms with E-state index in [0.717, 1.165) is 48.2 Å². The van der Waals surface area contributed by atoms with Crippen molar-refractivity contribution in [3.05, 3.63) is 53.6 Å². The van der Waals surface area contributed by atoms with Crippen molar-refractivity contribution < 1.29 is 14.7 Å². The first-order valence-corrected chi connectivity index (χ1v) is 12.8. The van der Waals surface area contributed by atoms with E-state index in [2.05, 4.69) is 25.9 Å². The molecule has 0 bridgehead atoms. The van der Waals surface area contributed by atoms with Crippen LogP contribution in [0.2, 0.25) is 0 Å². The number of aliphatic hydroxyl groups excluding tert-OH is 1. The quantitative estimate of drug-likeness (QED) is 0.328. The number of H-pyrrole nitrogens is 1. The van der Waals surface area contributed by atoms with Crippen LogP contribution in [0.5, 0.6) is 0 Å². The standard InChI is InChI=1S/C27H34N6O3/c1-16-23(17(2)32-31-16)18-8-10-21(11-9-18)29-27(36)25(24(19-4-5-19)20-6-7-20)30-26(35)22-12-13-28-33(22)14-3-15-34/h8-13,19-20,24-25,34H,3-7,14-15H2,1-2H3,(H,29,36)(H,30,35)(H,31,32)/t25-/m0/s1. The maximum absolute atomic E-state index is 13.6. The fraction of sp³-hybridized carbons (Fsp3) is 0.481. The third kappa shape index (κ3) is 5.21. The predicted molar refractivity (Wildman–Crippen MR) is 136 cm³/mol. The topological polar surface area (TPSA) is 125 Å². The number of nitrogens with one attached hydrogen (secondary N) is 3. The second kappa shape index (κ2) is 10.3. The van der Waals surface area contributed by atoms with Crippen LogP contribution >= 0.6 is 0 Å². The van der Waals surface area contributed by atoms with E-state index in [1.807, 2.05) is 38.1 Å². The molecule has 2 saturated carbocycles. The van der Waals surface area contributed by atoms with Crippen LogP contribution in [0.3, 0.4) is 0 Å². The van der Waals surface area contributed by atoms with Crippen molar-refractivity contribution in [2.45, 2.75) is 58.5 Å². The fourth-order valence-corrected chi connectivity index (χ4v) is 5.28. The summed E-state index contributed by atoms with van der Waals surface area (Å²) >= 11 is 0. The van der Waals surface area contributed by atoms with Gasteiger partial charge in [0.1, 0.15) is 11.7 Å². The van der Waals surface area contributed by atoms with Crippen molar-refractivity contribution >= 4 is 17.5 Å². The molecule has 0 spiro atoms. The molecule has 9 nitrogen and oxygen atoms in total. The van der Waals surface area contributed by atoms with Crippen LogP contribution in [0.1, 0.15) is 54.0 Å². The molecule has 2 aromatic heterocycles. The van der Waals surface area contributed by atoms with Gasteiger partial charge in [-0.05, 0) is 87.5 Å². The van der Waals surface area contributed by atoms with Crippen LogP contribution in [0.15, 0.2) is 36.5 Å². The molecule has 0 aliphatic heterocycles. The Hall–Kier alpha value is -3.46. The molecular weight excluding hydrogens is 456 g/mol. The zero-order valence-electron chi connectivity index (χ0n) is 20.8. The van der Waals surface area contributed by atoms with Gasteiger partial charge in [0.15, 0.2) is 0 Å². The minimum absolute atomic E-state index is 0.0237. The third-order valence-corrected chi connectivity index (χ3v) is 7.33. The van der Waals surface area contributed by atoms with Crippen molar-refractivity contribution in [2.24, 2.45) is 17.8 Å². The van der Waals surface area contributed by atoms with Gasteiger partial charge in [-0.2, -0.15) is 10.2 Å². The van der Waals surface area contributed by atoms with Crippen LogP contribution in [0.25, 0.3) is 11.1 Å². The summed E-state index contributed by atoms with van der Waals surface area (Å²) in [6, 6.07) is 8.79. The number of hydrogen-bond acceptors (Lipinski definition) is 5. The Morgan fingerprint density at radius 2 is 1.81 bits per heavy atom. The number of carbonyl (C=O) groups excluding carboxylic acids is 2. The molecule has 3 aromatic rings. The fourth-order valence-electron chi connectivity index (χ4n) is 5.28. The summed E-state index contributed by atoms with van der Waals surface area (Å²) in [5.41, 5.74) is 5.14.